The number of rotatable bonds is 0. The van der Waals surface area contributed by atoms with Crippen LogP contribution in [0.2, 0.25) is 0 Å². The van der Waals surface area contributed by atoms with E-state index >= 15 is 0 Å². The van der Waals surface area contributed by atoms with E-state index in [0.717, 1.165) is 12.0 Å². The minimum Gasteiger partial charge on any atom is -0.295 e. The molecule has 13 heavy (non-hydrogen) atoms. The van der Waals surface area contributed by atoms with Crippen LogP contribution in [-0.2, 0) is 4.79 Å². The van der Waals surface area contributed by atoms with E-state index < -0.39 is 0 Å². The average Bonchev–Trinajstić information content (AvgIpc) is 2.69. The summed E-state index contributed by atoms with van der Waals surface area (Å²) in [5, 5.41) is 0. The lowest BCUT2D eigenvalue weighted by Crippen LogP contribution is -2.19. The van der Waals surface area contributed by atoms with Crippen molar-refractivity contribution in [2.45, 2.75) is 6.42 Å². The number of hydrogen-bond acceptors (Lipinski definition) is 1. The summed E-state index contributed by atoms with van der Waals surface area (Å²) in [6, 6.07) is 0. The molecule has 0 bridgehead atoms. The number of ketones is 1. The van der Waals surface area contributed by atoms with Crippen LogP contribution in [0.1, 0.15) is 6.42 Å². The summed E-state index contributed by atoms with van der Waals surface area (Å²) in [5.41, 5.74) is 1.16. The minimum absolute atomic E-state index is 0.229. The van der Waals surface area contributed by atoms with Crippen LogP contribution < -0.4 is 0 Å². The topological polar surface area (TPSA) is 17.1 Å². The Balaban J connectivity index is 2.01. The molecule has 3 rings (SSSR count). The van der Waals surface area contributed by atoms with Crippen molar-refractivity contribution in [3.8, 4) is 0 Å². The summed E-state index contributed by atoms with van der Waals surface area (Å²) in [6.07, 6.45) is 9.32. The van der Waals surface area contributed by atoms with Crippen LogP contribution in [0.3, 0.4) is 0 Å². The van der Waals surface area contributed by atoms with Crippen LogP contribution in [0.5, 0.6) is 0 Å². The summed E-state index contributed by atoms with van der Waals surface area (Å²) in [7, 11) is 0. The first-order valence-electron chi connectivity index (χ1n) is 4.86. The number of hydrogen-bond donors (Lipinski definition) is 0. The molecule has 0 spiro atoms. The zero-order chi connectivity index (χ0) is 9.00. The van der Waals surface area contributed by atoms with E-state index in [2.05, 4.69) is 24.8 Å². The molecule has 0 radical (unpaired) electrons. The predicted octanol–water partition coefficient (Wildman–Crippen LogP) is 2.12. The Labute approximate surface area is 77.8 Å². The normalized spacial score (nSPS) is 45.8. The summed E-state index contributed by atoms with van der Waals surface area (Å²) in [6.45, 7) is 4.02. The Morgan fingerprint density at radius 2 is 1.85 bits per heavy atom. The van der Waals surface area contributed by atoms with Gasteiger partial charge in [0.2, 0.25) is 0 Å². The van der Waals surface area contributed by atoms with Crippen LogP contribution in [0, 0.1) is 23.7 Å². The Bertz CT molecular complexity index is 314. The van der Waals surface area contributed by atoms with Gasteiger partial charge in [0, 0.05) is 11.8 Å². The molecule has 1 heteroatoms. The molecule has 0 aromatic heterocycles. The molecule has 0 heterocycles. The third-order valence-corrected chi connectivity index (χ3v) is 3.68. The van der Waals surface area contributed by atoms with Gasteiger partial charge >= 0.3 is 0 Å². The monoisotopic (exact) mass is 172 g/mol. The van der Waals surface area contributed by atoms with Crippen molar-refractivity contribution >= 4 is 5.78 Å². The molecule has 1 nitrogen and oxygen atoms in total. The zero-order valence-corrected chi connectivity index (χ0v) is 7.44. The van der Waals surface area contributed by atoms with Crippen molar-refractivity contribution in [1.29, 1.82) is 0 Å². The quantitative estimate of drug-likeness (QED) is 0.547. The maximum absolute atomic E-state index is 11.6. The standard InChI is InChI=1S/C12H12O/c1-7-2-3-8-6-9-4-5-10(13)12(9)11(7)8/h2-5,8-9,11-12H,1,6H2. The molecule has 1 saturated carbocycles. The molecule has 3 aliphatic carbocycles. The predicted molar refractivity (Wildman–Crippen MR) is 51.0 cm³/mol. The first-order chi connectivity index (χ1) is 6.27. The van der Waals surface area contributed by atoms with Crippen LogP contribution in [0.4, 0.5) is 0 Å². The van der Waals surface area contributed by atoms with Gasteiger partial charge in [0.05, 0.1) is 0 Å². The number of carbonyl (C=O) groups excluding carboxylic acids is 1. The zero-order valence-electron chi connectivity index (χ0n) is 7.44. The van der Waals surface area contributed by atoms with Gasteiger partial charge in [-0.2, -0.15) is 0 Å². The summed E-state index contributed by atoms with van der Waals surface area (Å²) < 4.78 is 0. The Morgan fingerprint density at radius 1 is 1.15 bits per heavy atom. The fraction of sp³-hybridized carbons (Fsp3) is 0.417. The van der Waals surface area contributed by atoms with Gasteiger partial charge in [0.25, 0.3) is 0 Å². The molecule has 4 atom stereocenters. The van der Waals surface area contributed by atoms with E-state index in [1.54, 1.807) is 6.08 Å². The smallest absolute Gasteiger partial charge is 0.159 e. The van der Waals surface area contributed by atoms with E-state index in [-0.39, 0.29) is 5.92 Å². The van der Waals surface area contributed by atoms with Crippen molar-refractivity contribution in [3.63, 3.8) is 0 Å². The van der Waals surface area contributed by atoms with E-state index in [1.165, 1.54) is 0 Å². The van der Waals surface area contributed by atoms with Crippen LogP contribution >= 0.6 is 0 Å². The van der Waals surface area contributed by atoms with Gasteiger partial charge in [-0.05, 0) is 24.3 Å². The van der Waals surface area contributed by atoms with Gasteiger partial charge in [-0.15, -0.1) is 0 Å². The Hall–Kier alpha value is -1.11. The second kappa shape index (κ2) is 2.22. The molecule has 0 aliphatic heterocycles. The molecule has 3 aliphatic rings. The van der Waals surface area contributed by atoms with Gasteiger partial charge < -0.3 is 0 Å². The van der Waals surface area contributed by atoms with E-state index in [9.17, 15) is 4.79 Å². The Kier molecular flexibility index (Phi) is 1.25. The van der Waals surface area contributed by atoms with Gasteiger partial charge in [-0.25, -0.2) is 0 Å². The highest BCUT2D eigenvalue weighted by Crippen LogP contribution is 2.52. The van der Waals surface area contributed by atoms with Crippen LogP contribution in [0.25, 0.3) is 0 Å². The second-order valence-corrected chi connectivity index (χ2v) is 4.31. The molecular weight excluding hydrogens is 160 g/mol. The van der Waals surface area contributed by atoms with Crippen molar-refractivity contribution < 1.29 is 4.79 Å². The summed E-state index contributed by atoms with van der Waals surface area (Å²) in [5.74, 6) is 2.07. The molecule has 0 saturated heterocycles. The summed E-state index contributed by atoms with van der Waals surface area (Å²) >= 11 is 0. The third kappa shape index (κ3) is 0.796. The highest BCUT2D eigenvalue weighted by Gasteiger charge is 2.48. The van der Waals surface area contributed by atoms with Crippen molar-refractivity contribution in [2.75, 3.05) is 0 Å². The fourth-order valence-corrected chi connectivity index (χ4v) is 3.12. The van der Waals surface area contributed by atoms with Crippen molar-refractivity contribution in [2.24, 2.45) is 23.7 Å². The highest BCUT2D eigenvalue weighted by atomic mass is 16.1. The summed E-state index contributed by atoms with van der Waals surface area (Å²) in [4.78, 5) is 11.6. The van der Waals surface area contributed by atoms with Crippen LogP contribution in [-0.4, -0.2) is 5.78 Å². The van der Waals surface area contributed by atoms with E-state index in [0.29, 0.717) is 23.5 Å². The average molecular weight is 172 g/mol. The number of carbonyl (C=O) groups is 1. The van der Waals surface area contributed by atoms with E-state index in [1.807, 2.05) is 0 Å². The maximum atomic E-state index is 11.6. The van der Waals surface area contributed by atoms with Crippen molar-refractivity contribution in [1.82, 2.24) is 0 Å². The van der Waals surface area contributed by atoms with Crippen molar-refractivity contribution in [3.05, 3.63) is 36.5 Å². The SMILES string of the molecule is C=C1C=CC2CC3C=CC(=O)C3C12. The minimum atomic E-state index is 0.229. The fourth-order valence-electron chi connectivity index (χ4n) is 3.12. The molecule has 0 amide bonds. The number of fused-ring (bicyclic) bond motifs is 3. The first kappa shape index (κ1) is 7.31. The lowest BCUT2D eigenvalue weighted by atomic mass is 9.85. The Morgan fingerprint density at radius 3 is 2.69 bits per heavy atom. The van der Waals surface area contributed by atoms with E-state index in [4.69, 9.17) is 0 Å². The second-order valence-electron chi connectivity index (χ2n) is 4.31. The van der Waals surface area contributed by atoms with Gasteiger partial charge in [-0.1, -0.05) is 30.4 Å². The van der Waals surface area contributed by atoms with Gasteiger partial charge in [0.15, 0.2) is 5.78 Å². The first-order valence-corrected chi connectivity index (χ1v) is 4.86. The maximum Gasteiger partial charge on any atom is 0.159 e. The molecule has 4 unspecified atom stereocenters. The lowest BCUT2D eigenvalue weighted by Gasteiger charge is -2.16. The van der Waals surface area contributed by atoms with Gasteiger partial charge in [0.1, 0.15) is 0 Å². The molecule has 0 aromatic rings. The lowest BCUT2D eigenvalue weighted by molar-refractivity contribution is -0.118. The van der Waals surface area contributed by atoms with Crippen LogP contribution in [0.15, 0.2) is 36.5 Å². The largest absolute Gasteiger partial charge is 0.295 e. The van der Waals surface area contributed by atoms with Gasteiger partial charge in [-0.3, -0.25) is 4.79 Å². The molecule has 0 aromatic carbocycles. The molecule has 66 valence electrons. The third-order valence-electron chi connectivity index (χ3n) is 3.68. The highest BCUT2D eigenvalue weighted by molar-refractivity contribution is 5.95. The molecule has 0 N–H and O–H groups in total. The molecular formula is C12H12O. The number of allylic oxidation sites excluding steroid dienone is 5. The molecule has 1 fully saturated rings.